The smallest absolute Gasteiger partial charge is 0.264 e. The molecule has 1 aliphatic carbocycles. The van der Waals surface area contributed by atoms with Crippen LogP contribution in [-0.4, -0.2) is 58.8 Å². The molecule has 0 aromatic heterocycles. The predicted octanol–water partition coefficient (Wildman–Crippen LogP) is 3.47. The molecular weight excluding hydrogens is 610 g/mol. The van der Waals surface area contributed by atoms with Crippen LogP contribution in [0.5, 0.6) is 0 Å². The number of nitrogens with zero attached hydrogens (tertiary/aromatic N) is 2. The van der Waals surface area contributed by atoms with Crippen LogP contribution in [-0.2, 0) is 20.0 Å². The molecule has 2 fully saturated rings. The summed E-state index contributed by atoms with van der Waals surface area (Å²) in [6, 6.07) is 11.0. The third-order valence-corrected chi connectivity index (χ3v) is 8.96. The van der Waals surface area contributed by atoms with Gasteiger partial charge in [0, 0.05) is 47.4 Å². The van der Waals surface area contributed by atoms with Gasteiger partial charge in [0.1, 0.15) is 12.1 Å². The molecule has 3 N–H and O–H groups in total. The summed E-state index contributed by atoms with van der Waals surface area (Å²) in [4.78, 5) is 41.2. The second-order valence-electron chi connectivity index (χ2n) is 11.0. The van der Waals surface area contributed by atoms with Crippen molar-refractivity contribution in [1.29, 1.82) is 5.26 Å². The Hall–Kier alpha value is -3.80. The van der Waals surface area contributed by atoms with Gasteiger partial charge in [-0.2, -0.15) is 5.26 Å². The van der Waals surface area contributed by atoms with E-state index in [9.17, 15) is 24.8 Å². The highest BCUT2D eigenvalue weighted by atomic mass is 79.9. The number of nitriles is 1. The van der Waals surface area contributed by atoms with Crippen molar-refractivity contribution in [3.63, 3.8) is 0 Å². The Kier molecular flexibility index (Phi) is 8.10. The molecule has 2 heterocycles. The van der Waals surface area contributed by atoms with E-state index >= 15 is 8.78 Å². The van der Waals surface area contributed by atoms with Crippen LogP contribution in [0.3, 0.4) is 0 Å². The number of aliphatic hydroxyl groups is 1. The summed E-state index contributed by atoms with van der Waals surface area (Å²) >= 11 is 3.39. The highest BCUT2D eigenvalue weighted by molar-refractivity contribution is 9.10. The molecule has 2 aliphatic heterocycles. The molecule has 2 unspecified atom stereocenters. The Morgan fingerprint density at radius 2 is 1.98 bits per heavy atom. The molecule has 0 saturated carbocycles. The van der Waals surface area contributed by atoms with Crippen LogP contribution in [0.1, 0.15) is 43.2 Å². The summed E-state index contributed by atoms with van der Waals surface area (Å²) in [7, 11) is 0. The van der Waals surface area contributed by atoms with Crippen molar-refractivity contribution < 1.29 is 28.3 Å². The summed E-state index contributed by atoms with van der Waals surface area (Å²) in [5, 5.41) is 27.1. The fraction of sp³-hybridized carbons (Fsp3) is 0.419. The average Bonchev–Trinajstić information content (AvgIpc) is 3.22. The minimum atomic E-state index is -3.40. The lowest BCUT2D eigenvalue weighted by Gasteiger charge is -2.45. The first kappa shape index (κ1) is 29.7. The third-order valence-electron chi connectivity index (χ3n) is 8.46. The SMILES string of the molecule is C#CCC1CN(C(=O)C2(O)c3ccccc3-c3ccc(Br)cc32)[C@H](C(=O)N[C@H](C#N)C[C@@H]2CCCNC2=O)CC1(F)F. The van der Waals surface area contributed by atoms with Gasteiger partial charge in [0.25, 0.3) is 11.8 Å². The molecule has 0 bridgehead atoms. The topological polar surface area (TPSA) is 123 Å². The van der Waals surface area contributed by atoms with E-state index in [1.165, 1.54) is 0 Å². The summed E-state index contributed by atoms with van der Waals surface area (Å²) in [6.45, 7) is -0.0537. The van der Waals surface area contributed by atoms with Crippen LogP contribution in [0.2, 0.25) is 0 Å². The van der Waals surface area contributed by atoms with Crippen LogP contribution in [0.25, 0.3) is 11.1 Å². The first-order chi connectivity index (χ1) is 20.0. The van der Waals surface area contributed by atoms with Crippen molar-refractivity contribution >= 4 is 33.7 Å². The van der Waals surface area contributed by atoms with Gasteiger partial charge in [-0.3, -0.25) is 14.4 Å². The second kappa shape index (κ2) is 11.5. The first-order valence-electron chi connectivity index (χ1n) is 13.7. The fourth-order valence-electron chi connectivity index (χ4n) is 6.27. The first-order valence-corrected chi connectivity index (χ1v) is 14.5. The number of amides is 3. The predicted molar refractivity (Wildman–Crippen MR) is 152 cm³/mol. The zero-order chi connectivity index (χ0) is 30.2. The lowest BCUT2D eigenvalue weighted by atomic mass is 9.83. The minimum Gasteiger partial charge on any atom is -0.372 e. The molecule has 2 saturated heterocycles. The monoisotopic (exact) mass is 638 g/mol. The summed E-state index contributed by atoms with van der Waals surface area (Å²) in [5.74, 6) is -5.26. The summed E-state index contributed by atoms with van der Waals surface area (Å²) in [5.41, 5.74) is -0.535. The van der Waals surface area contributed by atoms with Gasteiger partial charge in [0.15, 0.2) is 5.60 Å². The van der Waals surface area contributed by atoms with Gasteiger partial charge in [-0.05, 0) is 42.5 Å². The lowest BCUT2D eigenvalue weighted by molar-refractivity contribution is -0.173. The number of benzene rings is 2. The number of terminal acetylenes is 1. The second-order valence-corrected chi connectivity index (χ2v) is 12.0. The molecule has 42 heavy (non-hydrogen) atoms. The molecule has 2 aromatic rings. The highest BCUT2D eigenvalue weighted by Gasteiger charge is 2.57. The average molecular weight is 639 g/mol. The zero-order valence-corrected chi connectivity index (χ0v) is 24.2. The summed E-state index contributed by atoms with van der Waals surface area (Å²) < 4.78 is 31.3. The molecule has 0 radical (unpaired) electrons. The molecule has 0 spiro atoms. The zero-order valence-electron chi connectivity index (χ0n) is 22.6. The number of rotatable bonds is 6. The molecule has 218 valence electrons. The van der Waals surface area contributed by atoms with Crippen LogP contribution in [0.4, 0.5) is 8.78 Å². The Balaban J connectivity index is 1.50. The van der Waals surface area contributed by atoms with E-state index in [2.05, 4.69) is 32.5 Å². The van der Waals surface area contributed by atoms with E-state index in [-0.39, 0.29) is 29.9 Å². The minimum absolute atomic E-state index is 0.00354. The lowest BCUT2D eigenvalue weighted by Crippen LogP contribution is -2.63. The summed E-state index contributed by atoms with van der Waals surface area (Å²) in [6.07, 6.45) is 5.24. The van der Waals surface area contributed by atoms with Gasteiger partial charge in [-0.25, -0.2) is 8.78 Å². The Bertz CT molecular complexity index is 1520. The van der Waals surface area contributed by atoms with E-state index in [0.717, 1.165) is 4.90 Å². The number of likely N-dealkylation sites (tertiary alicyclic amines) is 1. The molecule has 5 rings (SSSR count). The molecule has 8 nitrogen and oxygen atoms in total. The third kappa shape index (κ3) is 5.16. The maximum Gasteiger partial charge on any atom is 0.264 e. The van der Waals surface area contributed by atoms with Gasteiger partial charge in [0.2, 0.25) is 11.8 Å². The van der Waals surface area contributed by atoms with Gasteiger partial charge < -0.3 is 20.6 Å². The van der Waals surface area contributed by atoms with E-state index in [0.29, 0.717) is 35.0 Å². The number of halogens is 3. The Morgan fingerprint density at radius 3 is 2.69 bits per heavy atom. The molecule has 3 aliphatic rings. The van der Waals surface area contributed by atoms with Gasteiger partial charge in [-0.1, -0.05) is 46.3 Å². The number of hydrogen-bond acceptors (Lipinski definition) is 5. The molecular formula is C31H29BrF2N4O4. The Morgan fingerprint density at radius 1 is 1.24 bits per heavy atom. The van der Waals surface area contributed by atoms with Crippen molar-refractivity contribution in [2.45, 2.75) is 55.7 Å². The molecule has 11 heteroatoms. The van der Waals surface area contributed by atoms with Gasteiger partial charge in [0.05, 0.1) is 12.0 Å². The molecule has 3 amide bonds. The number of piperidine rings is 2. The number of fused-ring (bicyclic) bond motifs is 3. The van der Waals surface area contributed by atoms with E-state index in [1.54, 1.807) is 42.5 Å². The highest BCUT2D eigenvalue weighted by Crippen LogP contribution is 2.50. The largest absolute Gasteiger partial charge is 0.372 e. The van der Waals surface area contributed by atoms with Gasteiger partial charge in [-0.15, -0.1) is 12.3 Å². The maximum atomic E-state index is 15.3. The molecule has 2 aromatic carbocycles. The quantitative estimate of drug-likeness (QED) is 0.418. The van der Waals surface area contributed by atoms with Crippen LogP contribution in [0.15, 0.2) is 46.9 Å². The number of carbonyl (C=O) groups is 3. The van der Waals surface area contributed by atoms with Crippen molar-refractivity contribution in [3.05, 3.63) is 58.1 Å². The van der Waals surface area contributed by atoms with Crippen molar-refractivity contribution in [3.8, 4) is 29.5 Å². The van der Waals surface area contributed by atoms with Crippen molar-refractivity contribution in [2.75, 3.05) is 13.1 Å². The standard InChI is InChI=1S/C31H29BrF2N4O4/c1-2-6-19-17-38(29(41)31(42)24-9-4-3-8-22(24)23-11-10-20(32)14-25(23)31)26(15-30(19,33)34)28(40)37-21(16-35)13-18-7-5-12-36-27(18)39/h1,3-4,8-11,14,18-19,21,26,42H,5-7,12-13,15,17H2,(H,36,39)(H,37,40)/t18-,19?,21-,26-,31?/m0/s1. The number of carbonyl (C=O) groups excluding carboxylic acids is 3. The molecule has 5 atom stereocenters. The van der Waals surface area contributed by atoms with E-state index in [1.807, 2.05) is 6.07 Å². The number of alkyl halides is 2. The van der Waals surface area contributed by atoms with Crippen LogP contribution < -0.4 is 10.6 Å². The van der Waals surface area contributed by atoms with Crippen molar-refractivity contribution in [1.82, 2.24) is 15.5 Å². The van der Waals surface area contributed by atoms with Crippen LogP contribution in [0, 0.1) is 35.5 Å². The van der Waals surface area contributed by atoms with E-state index in [4.69, 9.17) is 6.42 Å². The number of nitrogens with one attached hydrogen (secondary N) is 2. The van der Waals surface area contributed by atoms with Crippen molar-refractivity contribution in [2.24, 2.45) is 11.8 Å². The normalized spacial score (nSPS) is 26.6. The van der Waals surface area contributed by atoms with Gasteiger partial charge >= 0.3 is 0 Å². The van der Waals surface area contributed by atoms with E-state index < -0.39 is 60.2 Å². The fourth-order valence-corrected chi connectivity index (χ4v) is 6.63. The van der Waals surface area contributed by atoms with Crippen LogP contribution >= 0.6 is 15.9 Å². The Labute approximate surface area is 250 Å². The number of hydrogen-bond donors (Lipinski definition) is 3. The maximum absolute atomic E-state index is 15.3.